The number of rotatable bonds is 3. The molecule has 0 aliphatic carbocycles. The fourth-order valence-corrected chi connectivity index (χ4v) is 2.01. The van der Waals surface area contributed by atoms with Crippen LogP contribution in [-0.4, -0.2) is 10.8 Å². The van der Waals surface area contributed by atoms with E-state index in [-0.39, 0.29) is 22.5 Å². The summed E-state index contributed by atoms with van der Waals surface area (Å²) in [5.74, 6) is -0.157. The number of hydrogen-bond donors (Lipinski definition) is 2. The highest BCUT2D eigenvalue weighted by Gasteiger charge is 2.09. The molecule has 0 aliphatic rings. The van der Waals surface area contributed by atoms with Gasteiger partial charge in [0.25, 0.3) is 0 Å². The molecular formula is C12H8BrClFN3O. The molecule has 1 aromatic heterocycles. The van der Waals surface area contributed by atoms with E-state index < -0.39 is 5.82 Å². The van der Waals surface area contributed by atoms with Gasteiger partial charge in [0.2, 0.25) is 5.88 Å². The monoisotopic (exact) mass is 343 g/mol. The summed E-state index contributed by atoms with van der Waals surface area (Å²) in [6, 6.07) is 5.68. The van der Waals surface area contributed by atoms with Crippen molar-refractivity contribution in [1.29, 1.82) is 5.41 Å². The van der Waals surface area contributed by atoms with Crippen molar-refractivity contribution < 1.29 is 9.13 Å². The first-order valence-electron chi connectivity index (χ1n) is 5.10. The topological polar surface area (TPSA) is 72.0 Å². The number of nitrogen functional groups attached to an aromatic ring is 1. The van der Waals surface area contributed by atoms with E-state index in [0.29, 0.717) is 10.0 Å². The highest BCUT2D eigenvalue weighted by atomic mass is 79.9. The lowest BCUT2D eigenvalue weighted by Gasteiger charge is -2.08. The summed E-state index contributed by atoms with van der Waals surface area (Å²) < 4.78 is 19.3. The minimum Gasteiger partial charge on any atom is -0.438 e. The van der Waals surface area contributed by atoms with E-state index in [9.17, 15) is 4.39 Å². The first-order valence-corrected chi connectivity index (χ1v) is 6.27. The van der Waals surface area contributed by atoms with Crippen molar-refractivity contribution in [2.75, 3.05) is 0 Å². The van der Waals surface area contributed by atoms with E-state index in [0.717, 1.165) is 6.07 Å². The molecule has 0 bridgehead atoms. The second-order valence-electron chi connectivity index (χ2n) is 3.60. The van der Waals surface area contributed by atoms with Crippen molar-refractivity contribution >= 4 is 33.4 Å². The first kappa shape index (κ1) is 13.8. The van der Waals surface area contributed by atoms with Crippen LogP contribution in [0.5, 0.6) is 11.6 Å². The van der Waals surface area contributed by atoms with Crippen molar-refractivity contribution in [2.45, 2.75) is 0 Å². The van der Waals surface area contributed by atoms with Crippen molar-refractivity contribution in [3.05, 3.63) is 51.3 Å². The number of halogens is 3. The number of nitrogens with one attached hydrogen (secondary N) is 1. The van der Waals surface area contributed by atoms with Gasteiger partial charge in [-0.3, -0.25) is 5.41 Å². The Hall–Kier alpha value is -1.66. The maximum absolute atomic E-state index is 13.3. The molecule has 0 fully saturated rings. The molecule has 0 spiro atoms. The molecule has 2 rings (SSSR count). The van der Waals surface area contributed by atoms with Crippen molar-refractivity contribution in [3.63, 3.8) is 0 Å². The number of hydrogen-bond acceptors (Lipinski definition) is 3. The number of pyridine rings is 1. The van der Waals surface area contributed by atoms with Gasteiger partial charge in [0.05, 0.1) is 9.50 Å². The van der Waals surface area contributed by atoms with Crippen LogP contribution in [0.25, 0.3) is 0 Å². The average Bonchev–Trinajstić information content (AvgIpc) is 2.36. The zero-order valence-electron chi connectivity index (χ0n) is 9.45. The summed E-state index contributed by atoms with van der Waals surface area (Å²) >= 11 is 8.85. The summed E-state index contributed by atoms with van der Waals surface area (Å²) in [6.45, 7) is 0. The van der Waals surface area contributed by atoms with E-state index >= 15 is 0 Å². The van der Waals surface area contributed by atoms with E-state index in [1.165, 1.54) is 18.3 Å². The van der Waals surface area contributed by atoms with Gasteiger partial charge in [0.1, 0.15) is 17.4 Å². The van der Waals surface area contributed by atoms with Crippen LogP contribution >= 0.6 is 27.5 Å². The van der Waals surface area contributed by atoms with Crippen LogP contribution in [-0.2, 0) is 0 Å². The number of nitrogens with zero attached hydrogens (tertiary/aromatic N) is 1. The van der Waals surface area contributed by atoms with Crippen molar-refractivity contribution in [1.82, 2.24) is 4.98 Å². The molecule has 7 heteroatoms. The van der Waals surface area contributed by atoms with Crippen molar-refractivity contribution in [3.8, 4) is 11.6 Å². The van der Waals surface area contributed by atoms with Gasteiger partial charge in [-0.05, 0) is 28.1 Å². The summed E-state index contributed by atoms with van der Waals surface area (Å²) in [5, 5.41) is 7.24. The minimum atomic E-state index is -0.583. The standard InChI is InChI=1S/C12H8BrClFN3O/c13-7-3-8(14)9(15)4-10(7)19-11-2-1-6(5-18-11)12(16)17/h1-5H,(H3,16,17). The third kappa shape index (κ3) is 3.21. The molecular weight excluding hydrogens is 337 g/mol. The quantitative estimate of drug-likeness (QED) is 0.506. The first-order chi connectivity index (χ1) is 8.97. The molecule has 1 heterocycles. The summed E-state index contributed by atoms with van der Waals surface area (Å²) in [7, 11) is 0. The predicted octanol–water partition coefficient (Wildman–Crippen LogP) is 3.71. The highest BCUT2D eigenvalue weighted by molar-refractivity contribution is 9.10. The molecule has 0 saturated carbocycles. The SMILES string of the molecule is N=C(N)c1ccc(Oc2cc(F)c(Cl)cc2Br)nc1. The molecule has 0 radical (unpaired) electrons. The second-order valence-corrected chi connectivity index (χ2v) is 4.86. The molecule has 0 unspecified atom stereocenters. The van der Waals surface area contributed by atoms with Gasteiger partial charge in [-0.15, -0.1) is 0 Å². The van der Waals surface area contributed by atoms with E-state index in [1.54, 1.807) is 6.07 Å². The third-order valence-corrected chi connectivity index (χ3v) is 3.15. The van der Waals surface area contributed by atoms with Gasteiger partial charge in [-0.1, -0.05) is 11.6 Å². The molecule has 0 atom stereocenters. The van der Waals surface area contributed by atoms with Crippen LogP contribution in [0.4, 0.5) is 4.39 Å². The number of benzene rings is 1. The molecule has 3 N–H and O–H groups in total. The number of amidine groups is 1. The summed E-state index contributed by atoms with van der Waals surface area (Å²) in [5.41, 5.74) is 5.79. The number of ether oxygens (including phenoxy) is 1. The van der Waals surface area contributed by atoms with Gasteiger partial charge in [-0.2, -0.15) is 0 Å². The minimum absolute atomic E-state index is 0.000822. The molecule has 0 saturated heterocycles. The highest BCUT2D eigenvalue weighted by Crippen LogP contribution is 2.33. The Bertz CT molecular complexity index is 634. The third-order valence-electron chi connectivity index (χ3n) is 2.24. The molecule has 98 valence electrons. The lowest BCUT2D eigenvalue weighted by atomic mass is 10.3. The maximum Gasteiger partial charge on any atom is 0.219 e. The molecule has 0 amide bonds. The number of nitrogens with two attached hydrogens (primary N) is 1. The lowest BCUT2D eigenvalue weighted by molar-refractivity contribution is 0.455. The Balaban J connectivity index is 2.26. The fraction of sp³-hybridized carbons (Fsp3) is 0. The Kier molecular flexibility index (Phi) is 4.01. The van der Waals surface area contributed by atoms with Gasteiger partial charge in [-0.25, -0.2) is 9.37 Å². The zero-order valence-corrected chi connectivity index (χ0v) is 11.8. The van der Waals surface area contributed by atoms with E-state index in [2.05, 4.69) is 20.9 Å². The predicted molar refractivity (Wildman–Crippen MR) is 74.4 cm³/mol. The van der Waals surface area contributed by atoms with Gasteiger partial charge in [0.15, 0.2) is 0 Å². The molecule has 0 aliphatic heterocycles. The summed E-state index contributed by atoms with van der Waals surface area (Å²) in [4.78, 5) is 3.97. The van der Waals surface area contributed by atoms with E-state index in [4.69, 9.17) is 27.5 Å². The smallest absolute Gasteiger partial charge is 0.219 e. The van der Waals surface area contributed by atoms with Crippen molar-refractivity contribution in [2.24, 2.45) is 5.73 Å². The average molecular weight is 345 g/mol. The van der Waals surface area contributed by atoms with Crippen LogP contribution in [0.2, 0.25) is 5.02 Å². The second kappa shape index (κ2) is 5.54. The van der Waals surface area contributed by atoms with E-state index in [1.807, 2.05) is 0 Å². The van der Waals surface area contributed by atoms with Crippen LogP contribution < -0.4 is 10.5 Å². The van der Waals surface area contributed by atoms with Crippen LogP contribution in [0, 0.1) is 11.2 Å². The maximum atomic E-state index is 13.3. The van der Waals surface area contributed by atoms with Crippen LogP contribution in [0.1, 0.15) is 5.56 Å². The fourth-order valence-electron chi connectivity index (χ4n) is 1.30. The normalized spacial score (nSPS) is 10.3. The molecule has 4 nitrogen and oxygen atoms in total. The Morgan fingerprint density at radius 3 is 2.74 bits per heavy atom. The zero-order chi connectivity index (χ0) is 14.0. The molecule has 2 aromatic rings. The Morgan fingerprint density at radius 1 is 1.42 bits per heavy atom. The molecule has 1 aromatic carbocycles. The van der Waals surface area contributed by atoms with Gasteiger partial charge >= 0.3 is 0 Å². The Morgan fingerprint density at radius 2 is 2.16 bits per heavy atom. The number of aromatic nitrogens is 1. The van der Waals surface area contributed by atoms with Gasteiger partial charge < -0.3 is 10.5 Å². The van der Waals surface area contributed by atoms with Gasteiger partial charge in [0, 0.05) is 23.9 Å². The largest absolute Gasteiger partial charge is 0.438 e. The van der Waals surface area contributed by atoms with Crippen LogP contribution in [0.3, 0.4) is 0 Å². The molecule has 19 heavy (non-hydrogen) atoms. The Labute approximate surface area is 122 Å². The lowest BCUT2D eigenvalue weighted by Crippen LogP contribution is -2.11. The van der Waals surface area contributed by atoms with Crippen LogP contribution in [0.15, 0.2) is 34.9 Å². The summed E-state index contributed by atoms with van der Waals surface area (Å²) in [6.07, 6.45) is 1.40.